The summed E-state index contributed by atoms with van der Waals surface area (Å²) in [4.78, 5) is 17.1. The molecule has 0 saturated carbocycles. The summed E-state index contributed by atoms with van der Waals surface area (Å²) in [5.41, 5.74) is 1.15. The molecule has 1 aromatic rings. The first-order valence-electron chi connectivity index (χ1n) is 7.02. The lowest BCUT2D eigenvalue weighted by molar-refractivity contribution is 0.0690. The standard InChI is InChI=1S/C15H22N2O2/c1-11(2)12-4-3-8-17(9-7-12)13-5-6-14(15(18)19)16-10-13/h5-6,10-12H,3-4,7-9H2,1-2H3,(H,18,19). The van der Waals surface area contributed by atoms with Crippen LogP contribution < -0.4 is 4.90 Å². The zero-order chi connectivity index (χ0) is 13.8. The third kappa shape index (κ3) is 3.46. The summed E-state index contributed by atoms with van der Waals surface area (Å²) in [6.45, 7) is 6.67. The van der Waals surface area contributed by atoms with Gasteiger partial charge in [-0.15, -0.1) is 0 Å². The van der Waals surface area contributed by atoms with Crippen LogP contribution in [0.4, 0.5) is 5.69 Å². The second-order valence-electron chi connectivity index (χ2n) is 5.63. The van der Waals surface area contributed by atoms with Gasteiger partial charge in [0.25, 0.3) is 0 Å². The maximum absolute atomic E-state index is 10.8. The molecule has 2 heterocycles. The van der Waals surface area contributed by atoms with Crippen molar-refractivity contribution in [3.05, 3.63) is 24.0 Å². The van der Waals surface area contributed by atoms with E-state index in [1.54, 1.807) is 12.3 Å². The molecule has 4 heteroatoms. The minimum atomic E-state index is -0.970. The largest absolute Gasteiger partial charge is 0.477 e. The van der Waals surface area contributed by atoms with E-state index in [1.807, 2.05) is 6.07 Å². The fourth-order valence-electron chi connectivity index (χ4n) is 2.75. The van der Waals surface area contributed by atoms with Gasteiger partial charge in [-0.3, -0.25) is 0 Å². The summed E-state index contributed by atoms with van der Waals surface area (Å²) in [5, 5.41) is 8.85. The Hall–Kier alpha value is -1.58. The fourth-order valence-corrected chi connectivity index (χ4v) is 2.75. The monoisotopic (exact) mass is 262 g/mol. The van der Waals surface area contributed by atoms with Gasteiger partial charge >= 0.3 is 5.97 Å². The second kappa shape index (κ2) is 6.04. The molecule has 19 heavy (non-hydrogen) atoms. The number of carboxylic acids is 1. The van der Waals surface area contributed by atoms with Crippen LogP contribution in [0.2, 0.25) is 0 Å². The first-order chi connectivity index (χ1) is 9.08. The number of aromatic nitrogens is 1. The molecule has 1 aromatic heterocycles. The average Bonchev–Trinajstić information content (AvgIpc) is 2.64. The van der Waals surface area contributed by atoms with Crippen LogP contribution in [-0.4, -0.2) is 29.1 Å². The molecule has 1 atom stereocenters. The Balaban J connectivity index is 2.03. The molecule has 1 N–H and O–H groups in total. The van der Waals surface area contributed by atoms with Crippen LogP contribution in [0.1, 0.15) is 43.6 Å². The number of rotatable bonds is 3. The Labute approximate surface area is 114 Å². The highest BCUT2D eigenvalue weighted by molar-refractivity contribution is 5.85. The SMILES string of the molecule is CC(C)C1CCCN(c2ccc(C(=O)O)nc2)CC1. The van der Waals surface area contributed by atoms with Gasteiger partial charge in [0.1, 0.15) is 5.69 Å². The smallest absolute Gasteiger partial charge is 0.354 e. The van der Waals surface area contributed by atoms with E-state index in [9.17, 15) is 4.79 Å². The van der Waals surface area contributed by atoms with Gasteiger partial charge in [0.05, 0.1) is 11.9 Å². The van der Waals surface area contributed by atoms with E-state index >= 15 is 0 Å². The molecule has 4 nitrogen and oxygen atoms in total. The van der Waals surface area contributed by atoms with Crippen molar-refractivity contribution in [2.75, 3.05) is 18.0 Å². The van der Waals surface area contributed by atoms with Crippen LogP contribution in [0.5, 0.6) is 0 Å². The lowest BCUT2D eigenvalue weighted by Gasteiger charge is -2.23. The predicted octanol–water partition coefficient (Wildman–Crippen LogP) is 3.04. The van der Waals surface area contributed by atoms with Crippen LogP contribution in [-0.2, 0) is 0 Å². The van der Waals surface area contributed by atoms with E-state index in [-0.39, 0.29) is 5.69 Å². The van der Waals surface area contributed by atoms with Crippen LogP contribution in [0.3, 0.4) is 0 Å². The van der Waals surface area contributed by atoms with Gasteiger partial charge in [0.2, 0.25) is 0 Å². The van der Waals surface area contributed by atoms with Gasteiger partial charge in [0.15, 0.2) is 0 Å². The van der Waals surface area contributed by atoms with Crippen LogP contribution in [0.25, 0.3) is 0 Å². The summed E-state index contributed by atoms with van der Waals surface area (Å²) in [7, 11) is 0. The molecule has 0 radical (unpaired) electrons. The zero-order valence-corrected chi connectivity index (χ0v) is 11.7. The highest BCUT2D eigenvalue weighted by Crippen LogP contribution is 2.27. The van der Waals surface area contributed by atoms with Crippen molar-refractivity contribution in [1.82, 2.24) is 4.98 Å². The molecule has 2 rings (SSSR count). The van der Waals surface area contributed by atoms with E-state index in [2.05, 4.69) is 23.7 Å². The third-order valence-corrected chi connectivity index (χ3v) is 4.05. The number of aromatic carboxylic acids is 1. The van der Waals surface area contributed by atoms with E-state index in [1.165, 1.54) is 19.3 Å². The molecular formula is C15H22N2O2. The molecule has 1 fully saturated rings. The molecule has 1 aliphatic heterocycles. The maximum Gasteiger partial charge on any atom is 0.354 e. The van der Waals surface area contributed by atoms with Crippen LogP contribution in [0.15, 0.2) is 18.3 Å². The number of carbonyl (C=O) groups is 1. The van der Waals surface area contributed by atoms with Gasteiger partial charge in [-0.2, -0.15) is 0 Å². The zero-order valence-electron chi connectivity index (χ0n) is 11.7. The van der Waals surface area contributed by atoms with Crippen molar-refractivity contribution in [1.29, 1.82) is 0 Å². The fraction of sp³-hybridized carbons (Fsp3) is 0.600. The predicted molar refractivity (Wildman–Crippen MR) is 75.6 cm³/mol. The molecular weight excluding hydrogens is 240 g/mol. The van der Waals surface area contributed by atoms with Crippen LogP contribution in [0, 0.1) is 11.8 Å². The highest BCUT2D eigenvalue weighted by Gasteiger charge is 2.19. The summed E-state index contributed by atoms with van der Waals surface area (Å²) < 4.78 is 0. The molecule has 1 aliphatic rings. The summed E-state index contributed by atoms with van der Waals surface area (Å²) in [6.07, 6.45) is 5.37. The van der Waals surface area contributed by atoms with Crippen molar-refractivity contribution < 1.29 is 9.90 Å². The quantitative estimate of drug-likeness (QED) is 0.909. The minimum absolute atomic E-state index is 0.110. The minimum Gasteiger partial charge on any atom is -0.477 e. The molecule has 1 unspecified atom stereocenters. The molecule has 0 bridgehead atoms. The lowest BCUT2D eigenvalue weighted by Crippen LogP contribution is -2.24. The van der Waals surface area contributed by atoms with E-state index in [0.717, 1.165) is 30.6 Å². The Bertz CT molecular complexity index is 428. The Kier molecular flexibility index (Phi) is 4.40. The lowest BCUT2D eigenvalue weighted by atomic mass is 9.89. The van der Waals surface area contributed by atoms with Crippen LogP contribution >= 0.6 is 0 Å². The second-order valence-corrected chi connectivity index (χ2v) is 5.63. The summed E-state index contributed by atoms with van der Waals surface area (Å²) >= 11 is 0. The summed E-state index contributed by atoms with van der Waals surface area (Å²) in [5.74, 6) is 0.575. The molecule has 0 amide bonds. The topological polar surface area (TPSA) is 53.4 Å². The Morgan fingerprint density at radius 2 is 2.16 bits per heavy atom. The normalized spacial score (nSPS) is 20.4. The van der Waals surface area contributed by atoms with Gasteiger partial charge in [-0.25, -0.2) is 9.78 Å². The summed E-state index contributed by atoms with van der Waals surface area (Å²) in [6, 6.07) is 3.45. The average molecular weight is 262 g/mol. The van der Waals surface area contributed by atoms with Gasteiger partial charge in [-0.05, 0) is 43.2 Å². The van der Waals surface area contributed by atoms with Crippen molar-refractivity contribution >= 4 is 11.7 Å². The molecule has 0 aromatic carbocycles. The number of hydrogen-bond acceptors (Lipinski definition) is 3. The molecule has 0 aliphatic carbocycles. The third-order valence-electron chi connectivity index (χ3n) is 4.05. The maximum atomic E-state index is 10.8. The molecule has 1 saturated heterocycles. The number of hydrogen-bond donors (Lipinski definition) is 1. The van der Waals surface area contributed by atoms with Crippen molar-refractivity contribution in [2.24, 2.45) is 11.8 Å². The van der Waals surface area contributed by atoms with E-state index < -0.39 is 5.97 Å². The number of nitrogens with zero attached hydrogens (tertiary/aromatic N) is 2. The number of pyridine rings is 1. The molecule has 0 spiro atoms. The van der Waals surface area contributed by atoms with Gasteiger partial charge in [0, 0.05) is 13.1 Å². The highest BCUT2D eigenvalue weighted by atomic mass is 16.4. The van der Waals surface area contributed by atoms with Crippen molar-refractivity contribution in [3.8, 4) is 0 Å². The van der Waals surface area contributed by atoms with E-state index in [0.29, 0.717) is 0 Å². The first kappa shape index (κ1) is 13.8. The van der Waals surface area contributed by atoms with E-state index in [4.69, 9.17) is 5.11 Å². The van der Waals surface area contributed by atoms with Gasteiger partial charge in [-0.1, -0.05) is 13.8 Å². The van der Waals surface area contributed by atoms with Gasteiger partial charge < -0.3 is 10.0 Å². The van der Waals surface area contributed by atoms with Crippen molar-refractivity contribution in [2.45, 2.75) is 33.1 Å². The Morgan fingerprint density at radius 3 is 2.74 bits per heavy atom. The van der Waals surface area contributed by atoms with Crippen molar-refractivity contribution in [3.63, 3.8) is 0 Å². The molecule has 104 valence electrons. The number of anilines is 1. The Morgan fingerprint density at radius 1 is 1.37 bits per heavy atom. The first-order valence-corrected chi connectivity index (χ1v) is 7.02. The number of carboxylic acid groups (broad SMARTS) is 1.